The van der Waals surface area contributed by atoms with Crippen LogP contribution in [0.4, 0.5) is 0 Å². The van der Waals surface area contributed by atoms with Gasteiger partial charge in [0.1, 0.15) is 0 Å². The number of nitrogens with zero attached hydrogens (tertiary/aromatic N) is 1. The van der Waals surface area contributed by atoms with Gasteiger partial charge in [0.2, 0.25) is 9.84 Å². The summed E-state index contributed by atoms with van der Waals surface area (Å²) in [5.74, 6) is 0.845. The molecule has 0 spiro atoms. The maximum absolute atomic E-state index is 12.3. The van der Waals surface area contributed by atoms with Crippen molar-refractivity contribution in [3.63, 3.8) is 0 Å². The van der Waals surface area contributed by atoms with Gasteiger partial charge in [-0.25, -0.2) is 13.4 Å². The predicted molar refractivity (Wildman–Crippen MR) is 94.9 cm³/mol. The van der Waals surface area contributed by atoms with Crippen LogP contribution in [-0.2, 0) is 16.3 Å². The molecule has 2 heterocycles. The zero-order valence-electron chi connectivity index (χ0n) is 13.9. The van der Waals surface area contributed by atoms with Crippen molar-refractivity contribution in [1.82, 2.24) is 4.98 Å². The number of rotatable bonds is 9. The van der Waals surface area contributed by atoms with E-state index in [1.807, 2.05) is 18.2 Å². The van der Waals surface area contributed by atoms with Crippen LogP contribution in [0.5, 0.6) is 0 Å². The van der Waals surface area contributed by atoms with E-state index in [0.29, 0.717) is 17.9 Å². The van der Waals surface area contributed by atoms with Crippen molar-refractivity contribution >= 4 is 9.84 Å². The summed E-state index contributed by atoms with van der Waals surface area (Å²) >= 11 is 0. The third kappa shape index (κ3) is 4.82. The van der Waals surface area contributed by atoms with Gasteiger partial charge in [0, 0.05) is 0 Å². The van der Waals surface area contributed by atoms with E-state index in [-0.39, 0.29) is 11.0 Å². The van der Waals surface area contributed by atoms with Crippen molar-refractivity contribution in [2.75, 3.05) is 5.75 Å². The number of sulfone groups is 1. The van der Waals surface area contributed by atoms with Crippen LogP contribution in [0, 0.1) is 0 Å². The van der Waals surface area contributed by atoms with Gasteiger partial charge in [-0.2, -0.15) is 0 Å². The molecule has 25 heavy (non-hydrogen) atoms. The first kappa shape index (κ1) is 17.5. The molecule has 132 valence electrons. The molecule has 0 fully saturated rings. The SMILES string of the molecule is O=S(=O)(CCCCCCc1ccccc1)c1ncc(-c2ccco2)o1. The van der Waals surface area contributed by atoms with Gasteiger partial charge in [-0.05, 0) is 37.0 Å². The van der Waals surface area contributed by atoms with E-state index in [0.717, 1.165) is 25.7 Å². The summed E-state index contributed by atoms with van der Waals surface area (Å²) in [4.78, 5) is 3.88. The Morgan fingerprint density at radius 2 is 1.68 bits per heavy atom. The number of oxazole rings is 1. The summed E-state index contributed by atoms with van der Waals surface area (Å²) in [6.07, 6.45) is 7.46. The first-order valence-electron chi connectivity index (χ1n) is 8.41. The molecular formula is C19H21NO4S. The molecule has 0 saturated heterocycles. The molecule has 0 aliphatic carbocycles. The fourth-order valence-electron chi connectivity index (χ4n) is 2.64. The second-order valence-electron chi connectivity index (χ2n) is 5.94. The summed E-state index contributed by atoms with van der Waals surface area (Å²) in [5.41, 5.74) is 1.32. The number of aromatic nitrogens is 1. The van der Waals surface area contributed by atoms with Crippen molar-refractivity contribution in [2.45, 2.75) is 37.3 Å². The lowest BCUT2D eigenvalue weighted by Crippen LogP contribution is -2.07. The third-order valence-corrected chi connectivity index (χ3v) is 5.53. The van der Waals surface area contributed by atoms with Gasteiger partial charge in [0.05, 0.1) is 18.2 Å². The normalized spacial score (nSPS) is 11.7. The van der Waals surface area contributed by atoms with Crippen molar-refractivity contribution < 1.29 is 17.3 Å². The molecule has 0 bridgehead atoms. The number of hydrogen-bond donors (Lipinski definition) is 0. The van der Waals surface area contributed by atoms with Gasteiger partial charge in [-0.1, -0.05) is 43.2 Å². The molecule has 0 N–H and O–H groups in total. The number of furan rings is 1. The summed E-state index contributed by atoms with van der Waals surface area (Å²) in [7, 11) is -3.49. The standard InChI is InChI=1S/C19H21NO4S/c21-25(22,19-20-15-18(24-19)17-12-8-13-23-17)14-7-2-1-4-9-16-10-5-3-6-11-16/h3,5-6,8,10-13,15H,1-2,4,7,9,14H2. The highest BCUT2D eigenvalue weighted by Gasteiger charge is 2.21. The van der Waals surface area contributed by atoms with Gasteiger partial charge in [-0.15, -0.1) is 0 Å². The number of benzene rings is 1. The van der Waals surface area contributed by atoms with E-state index in [1.165, 1.54) is 18.0 Å². The Hall–Kier alpha value is -2.34. The van der Waals surface area contributed by atoms with Crippen LogP contribution in [0.1, 0.15) is 31.2 Å². The zero-order valence-corrected chi connectivity index (χ0v) is 14.7. The van der Waals surface area contributed by atoms with Crippen molar-refractivity contribution in [2.24, 2.45) is 0 Å². The van der Waals surface area contributed by atoms with Gasteiger partial charge in [0.25, 0.3) is 0 Å². The predicted octanol–water partition coefficient (Wildman–Crippen LogP) is 4.51. The molecule has 0 aliphatic heterocycles. The molecule has 3 aromatic rings. The maximum atomic E-state index is 12.3. The van der Waals surface area contributed by atoms with Gasteiger partial charge >= 0.3 is 5.22 Å². The smallest absolute Gasteiger partial charge is 0.315 e. The fourth-order valence-corrected chi connectivity index (χ4v) is 3.83. The Bertz CT molecular complexity index is 867. The van der Waals surface area contributed by atoms with Crippen molar-refractivity contribution in [3.8, 4) is 11.5 Å². The molecule has 0 radical (unpaired) electrons. The van der Waals surface area contributed by atoms with E-state index in [1.54, 1.807) is 12.1 Å². The molecule has 3 rings (SSSR count). The van der Waals surface area contributed by atoms with Gasteiger partial charge in [-0.3, -0.25) is 0 Å². The van der Waals surface area contributed by atoms with Crippen LogP contribution < -0.4 is 0 Å². The third-order valence-electron chi connectivity index (χ3n) is 3.99. The molecular weight excluding hydrogens is 338 g/mol. The number of aryl methyl sites for hydroxylation is 1. The largest absolute Gasteiger partial charge is 0.461 e. The molecule has 5 nitrogen and oxygen atoms in total. The number of unbranched alkanes of at least 4 members (excludes halogenated alkanes) is 3. The highest BCUT2D eigenvalue weighted by molar-refractivity contribution is 7.91. The maximum Gasteiger partial charge on any atom is 0.315 e. The van der Waals surface area contributed by atoms with Crippen molar-refractivity contribution in [3.05, 3.63) is 60.5 Å². The van der Waals surface area contributed by atoms with Crippen molar-refractivity contribution in [1.29, 1.82) is 0 Å². The molecule has 0 unspecified atom stereocenters. The molecule has 6 heteroatoms. The summed E-state index contributed by atoms with van der Waals surface area (Å²) in [6, 6.07) is 13.7. The minimum Gasteiger partial charge on any atom is -0.461 e. The minimum atomic E-state index is -3.49. The fraction of sp³-hybridized carbons (Fsp3) is 0.316. The Balaban J connectivity index is 1.43. The monoisotopic (exact) mass is 359 g/mol. The molecule has 1 aromatic carbocycles. The lowest BCUT2D eigenvalue weighted by Gasteiger charge is -2.02. The van der Waals surface area contributed by atoms with Crippen LogP contribution in [-0.4, -0.2) is 19.2 Å². The Morgan fingerprint density at radius 3 is 2.44 bits per heavy atom. The van der Waals surface area contributed by atoms with Crippen LogP contribution in [0.25, 0.3) is 11.5 Å². The highest BCUT2D eigenvalue weighted by Crippen LogP contribution is 2.23. The molecule has 0 atom stereocenters. The average Bonchev–Trinajstić information content (AvgIpc) is 3.30. The first-order chi connectivity index (χ1) is 12.1. The van der Waals surface area contributed by atoms with E-state index in [2.05, 4.69) is 17.1 Å². The quantitative estimate of drug-likeness (QED) is 0.526. The zero-order chi connectivity index (χ0) is 17.5. The second kappa shape index (κ2) is 8.16. The van der Waals surface area contributed by atoms with Crippen LogP contribution >= 0.6 is 0 Å². The highest BCUT2D eigenvalue weighted by atomic mass is 32.2. The second-order valence-corrected chi connectivity index (χ2v) is 7.92. The van der Waals surface area contributed by atoms with E-state index >= 15 is 0 Å². The lowest BCUT2D eigenvalue weighted by atomic mass is 10.1. The molecule has 0 saturated carbocycles. The average molecular weight is 359 g/mol. The van der Waals surface area contributed by atoms with E-state index < -0.39 is 9.84 Å². The van der Waals surface area contributed by atoms with Gasteiger partial charge in [0.15, 0.2) is 11.5 Å². The summed E-state index contributed by atoms with van der Waals surface area (Å²) < 4.78 is 35.1. The molecule has 0 amide bonds. The summed E-state index contributed by atoms with van der Waals surface area (Å²) in [5, 5.41) is -0.233. The van der Waals surface area contributed by atoms with E-state index in [9.17, 15) is 8.42 Å². The first-order valence-corrected chi connectivity index (χ1v) is 10.1. The molecule has 0 aliphatic rings. The number of hydrogen-bond acceptors (Lipinski definition) is 5. The Morgan fingerprint density at radius 1 is 0.880 bits per heavy atom. The molecule has 2 aromatic heterocycles. The van der Waals surface area contributed by atoms with Crippen LogP contribution in [0.3, 0.4) is 0 Å². The Labute approximate surface area is 147 Å². The topological polar surface area (TPSA) is 73.3 Å². The van der Waals surface area contributed by atoms with E-state index in [4.69, 9.17) is 8.83 Å². The Kier molecular flexibility index (Phi) is 5.71. The van der Waals surface area contributed by atoms with Crippen LogP contribution in [0.15, 0.2) is 69.0 Å². The minimum absolute atomic E-state index is 0.0520. The summed E-state index contributed by atoms with van der Waals surface area (Å²) in [6.45, 7) is 0. The lowest BCUT2D eigenvalue weighted by molar-refractivity contribution is 0.427. The van der Waals surface area contributed by atoms with Crippen LogP contribution in [0.2, 0.25) is 0 Å². The van der Waals surface area contributed by atoms with Gasteiger partial charge < -0.3 is 8.83 Å².